The van der Waals surface area contributed by atoms with E-state index in [4.69, 9.17) is 0 Å². The summed E-state index contributed by atoms with van der Waals surface area (Å²) in [5.41, 5.74) is 1.81. The summed E-state index contributed by atoms with van der Waals surface area (Å²) >= 11 is 0. The van der Waals surface area contributed by atoms with Gasteiger partial charge in [-0.15, -0.1) is 0 Å². The molecule has 92 valence electrons. The van der Waals surface area contributed by atoms with E-state index in [0.717, 1.165) is 5.56 Å². The van der Waals surface area contributed by atoms with Crippen LogP contribution in [0.3, 0.4) is 0 Å². The van der Waals surface area contributed by atoms with Gasteiger partial charge in [0, 0.05) is 11.5 Å². The molecule has 2 rings (SSSR count). The molecule has 1 saturated heterocycles. The Morgan fingerprint density at radius 2 is 1.65 bits per heavy atom. The van der Waals surface area contributed by atoms with Crippen molar-refractivity contribution in [3.8, 4) is 0 Å². The van der Waals surface area contributed by atoms with E-state index >= 15 is 0 Å². The average molecular weight is 252 g/mol. The Bertz CT molecular complexity index is 500. The van der Waals surface area contributed by atoms with Crippen molar-refractivity contribution in [2.24, 2.45) is 5.92 Å². The molecule has 1 fully saturated rings. The number of sulfone groups is 1. The number of hydrogen-bond donors (Lipinski definition) is 0. The number of carbonyl (C=O) groups excluding carboxylic acids is 1. The van der Waals surface area contributed by atoms with E-state index in [1.807, 2.05) is 31.2 Å². The summed E-state index contributed by atoms with van der Waals surface area (Å²) < 4.78 is 22.6. The number of ketones is 1. The van der Waals surface area contributed by atoms with Gasteiger partial charge in [-0.3, -0.25) is 4.79 Å². The maximum Gasteiger partial charge on any atom is 0.166 e. The summed E-state index contributed by atoms with van der Waals surface area (Å²) in [6.07, 6.45) is 0.935. The molecule has 17 heavy (non-hydrogen) atoms. The minimum atomic E-state index is -2.89. The van der Waals surface area contributed by atoms with Gasteiger partial charge in [0.15, 0.2) is 5.78 Å². The summed E-state index contributed by atoms with van der Waals surface area (Å²) in [5.74, 6) is 0.256. The molecule has 0 aromatic heterocycles. The number of hydrogen-bond acceptors (Lipinski definition) is 3. The minimum absolute atomic E-state index is 0.0832. The Labute approximate surface area is 102 Å². The first-order chi connectivity index (χ1) is 7.98. The zero-order valence-corrected chi connectivity index (χ0v) is 10.7. The van der Waals surface area contributed by atoms with Crippen molar-refractivity contribution in [2.45, 2.75) is 19.8 Å². The number of Topliss-reactive ketones (excluding diaryl/α,β-unsaturated/α-hetero) is 1. The van der Waals surface area contributed by atoms with Gasteiger partial charge < -0.3 is 0 Å². The highest BCUT2D eigenvalue weighted by atomic mass is 32.2. The summed E-state index contributed by atoms with van der Waals surface area (Å²) in [6.45, 7) is 1.97. The molecule has 1 aromatic carbocycles. The molecule has 0 atom stereocenters. The summed E-state index contributed by atoms with van der Waals surface area (Å²) in [7, 11) is -2.89. The summed E-state index contributed by atoms with van der Waals surface area (Å²) in [5, 5.41) is 0. The second kappa shape index (κ2) is 4.61. The van der Waals surface area contributed by atoms with E-state index in [1.54, 1.807) is 0 Å². The Morgan fingerprint density at radius 1 is 1.12 bits per heavy atom. The van der Waals surface area contributed by atoms with Gasteiger partial charge in [0.25, 0.3) is 0 Å². The number of benzene rings is 1. The molecule has 0 aliphatic carbocycles. The fourth-order valence-corrected chi connectivity index (χ4v) is 3.60. The molecule has 3 nitrogen and oxygen atoms in total. The molecule has 0 saturated carbocycles. The van der Waals surface area contributed by atoms with Crippen molar-refractivity contribution < 1.29 is 13.2 Å². The van der Waals surface area contributed by atoms with Gasteiger partial charge in [-0.05, 0) is 19.8 Å². The third kappa shape index (κ3) is 2.94. The topological polar surface area (TPSA) is 51.2 Å². The zero-order chi connectivity index (χ0) is 12.5. The van der Waals surface area contributed by atoms with Gasteiger partial charge in [0.1, 0.15) is 9.84 Å². The maximum absolute atomic E-state index is 12.1. The van der Waals surface area contributed by atoms with Crippen LogP contribution in [0.1, 0.15) is 28.8 Å². The molecule has 1 heterocycles. The van der Waals surface area contributed by atoms with Crippen LogP contribution in [0, 0.1) is 12.8 Å². The van der Waals surface area contributed by atoms with Crippen molar-refractivity contribution in [1.29, 1.82) is 0 Å². The fraction of sp³-hybridized carbons (Fsp3) is 0.462. The van der Waals surface area contributed by atoms with Crippen molar-refractivity contribution >= 4 is 15.6 Å². The van der Waals surface area contributed by atoms with E-state index in [9.17, 15) is 13.2 Å². The normalized spacial score (nSPS) is 20.1. The Morgan fingerprint density at radius 3 is 2.18 bits per heavy atom. The molecule has 0 unspecified atom stereocenters. The molecular formula is C13H16O3S. The SMILES string of the molecule is Cc1ccc(C(=O)C2CCS(=O)(=O)CC2)cc1. The van der Waals surface area contributed by atoms with Crippen molar-refractivity contribution in [3.63, 3.8) is 0 Å². The standard InChI is InChI=1S/C13H16O3S/c1-10-2-4-11(5-3-10)13(14)12-6-8-17(15,16)9-7-12/h2-5,12H,6-9H2,1H3. The molecule has 1 aliphatic rings. The van der Waals surface area contributed by atoms with E-state index in [0.29, 0.717) is 18.4 Å². The highest BCUT2D eigenvalue weighted by molar-refractivity contribution is 7.91. The van der Waals surface area contributed by atoms with Gasteiger partial charge in [0.2, 0.25) is 0 Å². The lowest BCUT2D eigenvalue weighted by Crippen LogP contribution is -2.28. The number of aryl methyl sites for hydroxylation is 1. The smallest absolute Gasteiger partial charge is 0.166 e. The van der Waals surface area contributed by atoms with Crippen LogP contribution >= 0.6 is 0 Å². The lowest BCUT2D eigenvalue weighted by Gasteiger charge is -2.20. The highest BCUT2D eigenvalue weighted by Gasteiger charge is 2.28. The molecule has 0 spiro atoms. The Balaban J connectivity index is 2.09. The number of rotatable bonds is 2. The van der Waals surface area contributed by atoms with Crippen molar-refractivity contribution in [2.75, 3.05) is 11.5 Å². The third-order valence-electron chi connectivity index (χ3n) is 3.26. The number of carbonyl (C=O) groups is 1. The van der Waals surface area contributed by atoms with Crippen LogP contribution in [0.2, 0.25) is 0 Å². The van der Waals surface area contributed by atoms with Gasteiger partial charge in [-0.25, -0.2) is 8.42 Å². The molecule has 1 aromatic rings. The first kappa shape index (κ1) is 12.3. The minimum Gasteiger partial charge on any atom is -0.294 e. The molecule has 0 amide bonds. The van der Waals surface area contributed by atoms with Crippen LogP contribution in [0.5, 0.6) is 0 Å². The lowest BCUT2D eigenvalue weighted by molar-refractivity contribution is 0.0912. The van der Waals surface area contributed by atoms with E-state index in [2.05, 4.69) is 0 Å². The Hall–Kier alpha value is -1.16. The molecular weight excluding hydrogens is 236 g/mol. The molecule has 0 radical (unpaired) electrons. The molecule has 1 aliphatic heterocycles. The zero-order valence-electron chi connectivity index (χ0n) is 9.85. The largest absolute Gasteiger partial charge is 0.294 e. The predicted molar refractivity (Wildman–Crippen MR) is 66.9 cm³/mol. The quantitative estimate of drug-likeness (QED) is 0.756. The molecule has 0 N–H and O–H groups in total. The summed E-state index contributed by atoms with van der Waals surface area (Å²) in [4.78, 5) is 12.1. The molecule has 0 bridgehead atoms. The van der Waals surface area contributed by atoms with Crippen LogP contribution in [0.25, 0.3) is 0 Å². The van der Waals surface area contributed by atoms with E-state index in [-0.39, 0.29) is 23.2 Å². The van der Waals surface area contributed by atoms with Crippen molar-refractivity contribution in [1.82, 2.24) is 0 Å². The second-order valence-electron chi connectivity index (χ2n) is 4.66. The monoisotopic (exact) mass is 252 g/mol. The average Bonchev–Trinajstić information content (AvgIpc) is 2.29. The maximum atomic E-state index is 12.1. The highest BCUT2D eigenvalue weighted by Crippen LogP contribution is 2.23. The Kier molecular flexibility index (Phi) is 3.33. The van der Waals surface area contributed by atoms with Gasteiger partial charge in [-0.1, -0.05) is 29.8 Å². The molecule has 4 heteroatoms. The van der Waals surface area contributed by atoms with Crippen LogP contribution in [-0.2, 0) is 9.84 Å². The summed E-state index contributed by atoms with van der Waals surface area (Å²) in [6, 6.07) is 7.46. The van der Waals surface area contributed by atoms with E-state index in [1.165, 1.54) is 0 Å². The van der Waals surface area contributed by atoms with Crippen LogP contribution < -0.4 is 0 Å². The first-order valence-electron chi connectivity index (χ1n) is 5.79. The van der Waals surface area contributed by atoms with Gasteiger partial charge in [-0.2, -0.15) is 0 Å². The predicted octanol–water partition coefficient (Wildman–Crippen LogP) is 2.00. The lowest BCUT2D eigenvalue weighted by atomic mass is 9.92. The van der Waals surface area contributed by atoms with Gasteiger partial charge >= 0.3 is 0 Å². The van der Waals surface area contributed by atoms with Crippen LogP contribution in [0.4, 0.5) is 0 Å². The third-order valence-corrected chi connectivity index (χ3v) is 4.98. The first-order valence-corrected chi connectivity index (χ1v) is 7.61. The van der Waals surface area contributed by atoms with Crippen LogP contribution in [-0.4, -0.2) is 25.7 Å². The van der Waals surface area contributed by atoms with E-state index < -0.39 is 9.84 Å². The van der Waals surface area contributed by atoms with Gasteiger partial charge in [0.05, 0.1) is 11.5 Å². The fourth-order valence-electron chi connectivity index (χ4n) is 2.11. The second-order valence-corrected chi connectivity index (χ2v) is 6.96. The van der Waals surface area contributed by atoms with Crippen molar-refractivity contribution in [3.05, 3.63) is 35.4 Å². The van der Waals surface area contributed by atoms with Crippen LogP contribution in [0.15, 0.2) is 24.3 Å².